The van der Waals surface area contributed by atoms with E-state index in [2.05, 4.69) is 24.5 Å². The summed E-state index contributed by atoms with van der Waals surface area (Å²) in [6, 6.07) is 12.7. The Balaban J connectivity index is 0.00000125. The molecule has 2 amide bonds. The maximum Gasteiger partial charge on any atom is 0.223 e. The van der Waals surface area contributed by atoms with Crippen molar-refractivity contribution in [2.24, 2.45) is 5.92 Å². The van der Waals surface area contributed by atoms with Gasteiger partial charge in [0.15, 0.2) is 11.5 Å². The summed E-state index contributed by atoms with van der Waals surface area (Å²) in [4.78, 5) is 22.4. The Hall–Kier alpha value is -3.02. The van der Waals surface area contributed by atoms with E-state index in [4.69, 9.17) is 4.74 Å². The fraction of sp³-hybridized carbons (Fsp3) is 0.481. The number of aromatic hydroxyl groups is 1. The first-order chi connectivity index (χ1) is 16.0. The van der Waals surface area contributed by atoms with Crippen molar-refractivity contribution in [3.05, 3.63) is 53.6 Å². The van der Waals surface area contributed by atoms with Crippen molar-refractivity contribution in [2.75, 3.05) is 13.1 Å². The molecule has 6 heteroatoms. The van der Waals surface area contributed by atoms with Gasteiger partial charge in [-0.25, -0.2) is 0 Å². The summed E-state index contributed by atoms with van der Waals surface area (Å²) in [7, 11) is 0. The van der Waals surface area contributed by atoms with Crippen LogP contribution in [0.1, 0.15) is 64.5 Å². The summed E-state index contributed by atoms with van der Waals surface area (Å²) >= 11 is 0. The topological polar surface area (TPSA) is 87.7 Å². The van der Waals surface area contributed by atoms with Crippen molar-refractivity contribution in [3.63, 3.8) is 0 Å². The van der Waals surface area contributed by atoms with E-state index in [1.165, 1.54) is 12.8 Å². The Kier molecular flexibility index (Phi) is 14.1. The van der Waals surface area contributed by atoms with Crippen LogP contribution in [0.3, 0.4) is 0 Å². The van der Waals surface area contributed by atoms with Crippen LogP contribution in [0.15, 0.2) is 42.5 Å². The first-order valence-electron chi connectivity index (χ1n) is 12.0. The number of phenols is 1. The number of ether oxygens (including phenoxy) is 1. The quantitative estimate of drug-likeness (QED) is 0.279. The van der Waals surface area contributed by atoms with Crippen LogP contribution in [0.5, 0.6) is 17.2 Å². The molecule has 0 aliphatic rings. The molecule has 2 aromatic rings. The third-order valence-corrected chi connectivity index (χ3v) is 5.39. The highest BCUT2D eigenvalue weighted by Gasteiger charge is 2.13. The lowest BCUT2D eigenvalue weighted by Gasteiger charge is -2.13. The Labute approximate surface area is 198 Å². The van der Waals surface area contributed by atoms with Gasteiger partial charge >= 0.3 is 0 Å². The minimum Gasteiger partial charge on any atom is -0.504 e. The summed E-state index contributed by atoms with van der Waals surface area (Å²) in [5.41, 5.74) is 2.05. The fourth-order valence-corrected chi connectivity index (χ4v) is 3.06. The van der Waals surface area contributed by atoms with Gasteiger partial charge in [0.05, 0.1) is 0 Å². The maximum absolute atomic E-state index is 12.1. The molecule has 0 radical (unpaired) electrons. The van der Waals surface area contributed by atoms with Gasteiger partial charge in [0.2, 0.25) is 12.3 Å². The number of carbonyl (C=O) groups is 2. The van der Waals surface area contributed by atoms with Crippen LogP contribution in [0.25, 0.3) is 0 Å². The zero-order valence-electron chi connectivity index (χ0n) is 20.5. The molecule has 6 nitrogen and oxygen atoms in total. The summed E-state index contributed by atoms with van der Waals surface area (Å²) < 4.78 is 5.82. The molecule has 0 aliphatic carbocycles. The number of hydrogen-bond donors (Lipinski definition) is 3. The largest absolute Gasteiger partial charge is 0.504 e. The van der Waals surface area contributed by atoms with Crippen LogP contribution >= 0.6 is 0 Å². The van der Waals surface area contributed by atoms with Gasteiger partial charge < -0.3 is 20.5 Å². The third-order valence-electron chi connectivity index (χ3n) is 5.39. The number of nitrogens with one attached hydrogen (secondary N) is 2. The number of rotatable bonds is 13. The zero-order valence-corrected chi connectivity index (χ0v) is 20.5. The summed E-state index contributed by atoms with van der Waals surface area (Å²) in [5.74, 6) is 1.21. The van der Waals surface area contributed by atoms with Crippen molar-refractivity contribution < 1.29 is 19.4 Å². The van der Waals surface area contributed by atoms with Crippen molar-refractivity contribution in [1.82, 2.24) is 10.6 Å². The zero-order chi connectivity index (χ0) is 24.5. The maximum atomic E-state index is 12.1. The van der Waals surface area contributed by atoms with E-state index < -0.39 is 0 Å². The smallest absolute Gasteiger partial charge is 0.223 e. The minimum atomic E-state index is 0.0610. The molecule has 0 aliphatic heterocycles. The molecular weight excluding hydrogens is 416 g/mol. The molecule has 2 rings (SSSR count). The molecule has 182 valence electrons. The van der Waals surface area contributed by atoms with Crippen molar-refractivity contribution >= 4 is 12.3 Å². The first-order valence-corrected chi connectivity index (χ1v) is 12.0. The standard InChI is InChI=1S/C23H30N2O4.C4H10/c1-3-19(4-2)23(28)25-14-12-18-7-10-21(27)22(15-18)29-20-8-5-17(6-9-20)11-13-24-16-26;1-3-4-2/h5-10,15-16,19,27H,3-4,11-14H2,1-2H3,(H,24,26)(H,25,28);3-4H2,1-2H3. The lowest BCUT2D eigenvalue weighted by molar-refractivity contribution is -0.125. The van der Waals surface area contributed by atoms with Crippen LogP contribution in [0.2, 0.25) is 0 Å². The predicted molar refractivity (Wildman–Crippen MR) is 134 cm³/mol. The second kappa shape index (κ2) is 16.6. The Morgan fingerprint density at radius 1 is 0.939 bits per heavy atom. The number of hydrogen-bond acceptors (Lipinski definition) is 4. The lowest BCUT2D eigenvalue weighted by atomic mass is 10.0. The number of phenolic OH excluding ortho intramolecular Hbond substituents is 1. The fourth-order valence-electron chi connectivity index (χ4n) is 3.06. The van der Waals surface area contributed by atoms with Gasteiger partial charge in [-0.05, 0) is 61.1 Å². The normalized spacial score (nSPS) is 10.2. The van der Waals surface area contributed by atoms with Gasteiger partial charge in [0, 0.05) is 19.0 Å². The monoisotopic (exact) mass is 456 g/mol. The van der Waals surface area contributed by atoms with Gasteiger partial charge in [0.25, 0.3) is 0 Å². The van der Waals surface area contributed by atoms with Crippen LogP contribution < -0.4 is 15.4 Å². The average Bonchev–Trinajstić information content (AvgIpc) is 2.83. The van der Waals surface area contributed by atoms with Gasteiger partial charge in [-0.3, -0.25) is 9.59 Å². The van der Waals surface area contributed by atoms with Gasteiger partial charge in [-0.1, -0.05) is 58.7 Å². The Morgan fingerprint density at radius 2 is 1.55 bits per heavy atom. The molecule has 0 fully saturated rings. The molecule has 2 aromatic carbocycles. The highest BCUT2D eigenvalue weighted by molar-refractivity contribution is 5.78. The van der Waals surface area contributed by atoms with E-state index >= 15 is 0 Å². The van der Waals surface area contributed by atoms with E-state index in [0.29, 0.717) is 37.4 Å². The molecule has 0 heterocycles. The highest BCUT2D eigenvalue weighted by atomic mass is 16.5. The second-order valence-corrected chi connectivity index (χ2v) is 7.92. The van der Waals surface area contributed by atoms with E-state index in [1.54, 1.807) is 12.1 Å². The summed E-state index contributed by atoms with van der Waals surface area (Å²) in [5, 5.41) is 15.7. The van der Waals surface area contributed by atoms with E-state index in [9.17, 15) is 14.7 Å². The number of benzene rings is 2. The molecule has 0 unspecified atom stereocenters. The molecule has 0 spiro atoms. The second-order valence-electron chi connectivity index (χ2n) is 7.92. The summed E-state index contributed by atoms with van der Waals surface area (Å²) in [6.07, 6.45) is 6.40. The predicted octanol–water partition coefficient (Wildman–Crippen LogP) is 5.37. The highest BCUT2D eigenvalue weighted by Crippen LogP contribution is 2.31. The third kappa shape index (κ3) is 10.9. The van der Waals surface area contributed by atoms with E-state index in [0.717, 1.165) is 30.4 Å². The number of amides is 2. The van der Waals surface area contributed by atoms with Crippen LogP contribution in [-0.4, -0.2) is 30.5 Å². The molecule has 0 bridgehead atoms. The molecule has 33 heavy (non-hydrogen) atoms. The molecule has 0 aromatic heterocycles. The number of carbonyl (C=O) groups excluding carboxylic acids is 2. The Morgan fingerprint density at radius 3 is 2.12 bits per heavy atom. The SMILES string of the molecule is CCC(CC)C(=O)NCCc1ccc(O)c(Oc2ccc(CCNC=O)cc2)c1.CCCC. The molecule has 0 saturated carbocycles. The van der Waals surface area contributed by atoms with Crippen LogP contribution in [-0.2, 0) is 22.4 Å². The van der Waals surface area contributed by atoms with E-state index in [1.807, 2.05) is 44.2 Å². The van der Waals surface area contributed by atoms with Gasteiger partial charge in [-0.15, -0.1) is 0 Å². The van der Waals surface area contributed by atoms with Crippen molar-refractivity contribution in [2.45, 2.75) is 66.2 Å². The van der Waals surface area contributed by atoms with Gasteiger partial charge in [0.1, 0.15) is 5.75 Å². The molecular formula is C27H40N2O4. The minimum absolute atomic E-state index is 0.0610. The average molecular weight is 457 g/mol. The van der Waals surface area contributed by atoms with Crippen molar-refractivity contribution in [3.8, 4) is 17.2 Å². The molecule has 3 N–H and O–H groups in total. The lowest BCUT2D eigenvalue weighted by Crippen LogP contribution is -2.31. The summed E-state index contributed by atoms with van der Waals surface area (Å²) in [6.45, 7) is 9.53. The van der Waals surface area contributed by atoms with E-state index in [-0.39, 0.29) is 17.6 Å². The molecule has 0 atom stereocenters. The van der Waals surface area contributed by atoms with Gasteiger partial charge in [-0.2, -0.15) is 0 Å². The molecule has 0 saturated heterocycles. The number of unbranched alkanes of at least 4 members (excludes halogenated alkanes) is 1. The van der Waals surface area contributed by atoms with Crippen LogP contribution in [0.4, 0.5) is 0 Å². The Bertz CT molecular complexity index is 815. The first kappa shape index (κ1) is 28.0. The van der Waals surface area contributed by atoms with Crippen molar-refractivity contribution in [1.29, 1.82) is 0 Å². The van der Waals surface area contributed by atoms with Crippen LogP contribution in [0, 0.1) is 5.92 Å².